The third-order valence-corrected chi connectivity index (χ3v) is 4.12. The van der Waals surface area contributed by atoms with Crippen LogP contribution in [-0.2, 0) is 11.3 Å². The van der Waals surface area contributed by atoms with Gasteiger partial charge < -0.3 is 9.47 Å². The van der Waals surface area contributed by atoms with Crippen LogP contribution < -0.4 is 4.74 Å². The van der Waals surface area contributed by atoms with Crippen LogP contribution in [-0.4, -0.2) is 13.1 Å². The molecule has 94 valence electrons. The molecule has 0 aliphatic heterocycles. The third-order valence-electron chi connectivity index (χ3n) is 2.31. The van der Waals surface area contributed by atoms with Gasteiger partial charge in [-0.2, -0.15) is 0 Å². The minimum Gasteiger partial charge on any atom is -0.497 e. The number of ether oxygens (including phenoxy) is 2. The summed E-state index contributed by atoms with van der Waals surface area (Å²) in [6, 6.07) is 9.27. The maximum atomic E-state index is 11.8. The van der Waals surface area contributed by atoms with Gasteiger partial charge in [0.2, 0.25) is 0 Å². The molecule has 0 saturated carbocycles. The number of hydrogen-bond donors (Lipinski definition) is 0. The fraction of sp³-hybridized carbons (Fsp3) is 0.154. The number of benzene rings is 1. The fourth-order valence-electron chi connectivity index (χ4n) is 1.42. The highest BCUT2D eigenvalue weighted by atomic mass is 79.9. The van der Waals surface area contributed by atoms with E-state index in [1.165, 1.54) is 11.3 Å². The summed E-state index contributed by atoms with van der Waals surface area (Å²) in [5, 5.41) is 1.84. The minimum atomic E-state index is -0.320. The zero-order valence-electron chi connectivity index (χ0n) is 9.68. The number of hydrogen-bond acceptors (Lipinski definition) is 4. The Balaban J connectivity index is 1.99. The molecule has 0 aliphatic carbocycles. The lowest BCUT2D eigenvalue weighted by Gasteiger charge is -2.05. The van der Waals surface area contributed by atoms with E-state index in [0.717, 1.165) is 15.8 Å². The first-order valence-corrected chi connectivity index (χ1v) is 6.91. The highest BCUT2D eigenvalue weighted by Gasteiger charge is 2.13. The molecule has 0 bridgehead atoms. The van der Waals surface area contributed by atoms with E-state index in [0.29, 0.717) is 4.88 Å². The van der Waals surface area contributed by atoms with Crippen LogP contribution in [0.1, 0.15) is 15.2 Å². The smallest absolute Gasteiger partial charge is 0.349 e. The molecule has 0 amide bonds. The number of rotatable bonds is 4. The van der Waals surface area contributed by atoms with Gasteiger partial charge in [-0.05, 0) is 45.1 Å². The van der Waals surface area contributed by atoms with Crippen molar-refractivity contribution in [3.8, 4) is 5.75 Å². The van der Waals surface area contributed by atoms with E-state index >= 15 is 0 Å². The van der Waals surface area contributed by atoms with Crippen molar-refractivity contribution in [1.82, 2.24) is 0 Å². The number of halogens is 1. The van der Waals surface area contributed by atoms with Gasteiger partial charge in [-0.25, -0.2) is 4.79 Å². The van der Waals surface area contributed by atoms with Crippen molar-refractivity contribution >= 4 is 33.2 Å². The Kier molecular flexibility index (Phi) is 4.38. The molecule has 0 saturated heterocycles. The molecule has 0 atom stereocenters. The molecule has 0 spiro atoms. The number of esters is 1. The second-order valence-electron chi connectivity index (χ2n) is 3.53. The summed E-state index contributed by atoms with van der Waals surface area (Å²) in [6.45, 7) is 0.236. The topological polar surface area (TPSA) is 35.5 Å². The fourth-order valence-corrected chi connectivity index (χ4v) is 2.84. The molecule has 0 N–H and O–H groups in total. The van der Waals surface area contributed by atoms with Gasteiger partial charge in [-0.3, -0.25) is 0 Å². The van der Waals surface area contributed by atoms with E-state index in [-0.39, 0.29) is 12.6 Å². The summed E-state index contributed by atoms with van der Waals surface area (Å²) >= 11 is 4.66. The molecule has 0 unspecified atom stereocenters. The Labute approximate surface area is 117 Å². The van der Waals surface area contributed by atoms with Crippen molar-refractivity contribution in [2.75, 3.05) is 7.11 Å². The molecular formula is C13H11BrO3S. The van der Waals surface area contributed by atoms with E-state index in [2.05, 4.69) is 15.9 Å². The van der Waals surface area contributed by atoms with Crippen molar-refractivity contribution in [3.63, 3.8) is 0 Å². The van der Waals surface area contributed by atoms with Gasteiger partial charge >= 0.3 is 5.97 Å². The summed E-state index contributed by atoms with van der Waals surface area (Å²) in [7, 11) is 1.61. The quantitative estimate of drug-likeness (QED) is 0.800. The predicted molar refractivity (Wildman–Crippen MR) is 74.1 cm³/mol. The Morgan fingerprint density at radius 1 is 1.39 bits per heavy atom. The van der Waals surface area contributed by atoms with Crippen molar-refractivity contribution in [2.45, 2.75) is 6.61 Å². The Bertz CT molecular complexity index is 551. The highest BCUT2D eigenvalue weighted by Crippen LogP contribution is 2.24. The second-order valence-corrected chi connectivity index (χ2v) is 5.30. The van der Waals surface area contributed by atoms with Gasteiger partial charge in [0.15, 0.2) is 0 Å². The summed E-state index contributed by atoms with van der Waals surface area (Å²) < 4.78 is 11.1. The monoisotopic (exact) mass is 326 g/mol. The minimum absolute atomic E-state index is 0.236. The molecule has 1 aromatic heterocycles. The number of carbonyl (C=O) groups excluding carboxylic acids is 1. The van der Waals surface area contributed by atoms with Crippen molar-refractivity contribution < 1.29 is 14.3 Å². The highest BCUT2D eigenvalue weighted by molar-refractivity contribution is 9.10. The summed E-state index contributed by atoms with van der Waals surface area (Å²) in [4.78, 5) is 12.4. The summed E-state index contributed by atoms with van der Waals surface area (Å²) in [6.07, 6.45) is 0. The lowest BCUT2D eigenvalue weighted by atomic mass is 10.2. The molecule has 0 fully saturated rings. The Morgan fingerprint density at radius 3 is 2.89 bits per heavy atom. The van der Waals surface area contributed by atoms with E-state index in [1.807, 2.05) is 35.7 Å². The van der Waals surface area contributed by atoms with E-state index in [4.69, 9.17) is 9.47 Å². The van der Waals surface area contributed by atoms with E-state index < -0.39 is 0 Å². The molecule has 2 rings (SSSR count). The van der Waals surface area contributed by atoms with Crippen LogP contribution in [0, 0.1) is 0 Å². The molecule has 18 heavy (non-hydrogen) atoms. The van der Waals surface area contributed by atoms with Gasteiger partial charge in [0.05, 0.1) is 7.11 Å². The molecule has 0 aliphatic rings. The summed E-state index contributed by atoms with van der Waals surface area (Å²) in [5.74, 6) is 0.431. The molecule has 0 radical (unpaired) electrons. The number of methoxy groups -OCH3 is 1. The van der Waals surface area contributed by atoms with Crippen molar-refractivity contribution in [1.29, 1.82) is 0 Å². The van der Waals surface area contributed by atoms with Gasteiger partial charge in [0.25, 0.3) is 0 Å². The zero-order valence-corrected chi connectivity index (χ0v) is 12.1. The van der Waals surface area contributed by atoms with Crippen molar-refractivity contribution in [3.05, 3.63) is 50.6 Å². The number of carbonyl (C=O) groups is 1. The average Bonchev–Trinajstić information content (AvgIpc) is 2.82. The van der Waals surface area contributed by atoms with Crippen LogP contribution in [0.3, 0.4) is 0 Å². The van der Waals surface area contributed by atoms with Gasteiger partial charge in [0, 0.05) is 4.47 Å². The summed E-state index contributed by atoms with van der Waals surface area (Å²) in [5.41, 5.74) is 0.898. The Morgan fingerprint density at radius 2 is 2.22 bits per heavy atom. The normalized spacial score (nSPS) is 10.1. The zero-order chi connectivity index (χ0) is 13.0. The molecule has 2 aromatic rings. The first-order valence-electron chi connectivity index (χ1n) is 5.24. The van der Waals surface area contributed by atoms with Crippen LogP contribution >= 0.6 is 27.3 Å². The SMILES string of the molecule is COc1cccc(COC(=O)c2sccc2Br)c1. The Hall–Kier alpha value is -1.33. The molecule has 1 aromatic carbocycles. The standard InChI is InChI=1S/C13H11BrO3S/c1-16-10-4-2-3-9(7-10)8-17-13(15)12-11(14)5-6-18-12/h2-7H,8H2,1H3. The lowest BCUT2D eigenvalue weighted by Crippen LogP contribution is -2.03. The first-order chi connectivity index (χ1) is 8.70. The predicted octanol–water partition coefficient (Wildman–Crippen LogP) is 3.88. The second kappa shape index (κ2) is 6.02. The molecular weight excluding hydrogens is 316 g/mol. The van der Waals surface area contributed by atoms with E-state index in [9.17, 15) is 4.79 Å². The van der Waals surface area contributed by atoms with Crippen LogP contribution in [0.25, 0.3) is 0 Å². The van der Waals surface area contributed by atoms with Gasteiger partial charge in [-0.1, -0.05) is 12.1 Å². The first kappa shape index (κ1) is 13.1. The number of thiophene rings is 1. The van der Waals surface area contributed by atoms with Crippen LogP contribution in [0.4, 0.5) is 0 Å². The van der Waals surface area contributed by atoms with Crippen molar-refractivity contribution in [2.24, 2.45) is 0 Å². The third kappa shape index (κ3) is 3.11. The van der Waals surface area contributed by atoms with E-state index in [1.54, 1.807) is 7.11 Å². The van der Waals surface area contributed by atoms with Crippen LogP contribution in [0.2, 0.25) is 0 Å². The largest absolute Gasteiger partial charge is 0.497 e. The molecule has 5 heteroatoms. The van der Waals surface area contributed by atoms with Crippen LogP contribution in [0.5, 0.6) is 5.75 Å². The maximum absolute atomic E-state index is 11.8. The lowest BCUT2D eigenvalue weighted by molar-refractivity contribution is 0.0477. The molecule has 1 heterocycles. The maximum Gasteiger partial charge on any atom is 0.349 e. The van der Waals surface area contributed by atoms with Crippen LogP contribution in [0.15, 0.2) is 40.2 Å². The van der Waals surface area contributed by atoms with Gasteiger partial charge in [-0.15, -0.1) is 11.3 Å². The molecule has 3 nitrogen and oxygen atoms in total. The average molecular weight is 327 g/mol. The van der Waals surface area contributed by atoms with Gasteiger partial charge in [0.1, 0.15) is 17.2 Å².